The van der Waals surface area contributed by atoms with Crippen LogP contribution >= 0.6 is 0 Å². The highest BCUT2D eigenvalue weighted by atomic mass is 16.6. The number of ether oxygens (including phenoxy) is 4. The Morgan fingerprint density at radius 2 is 1.34 bits per heavy atom. The van der Waals surface area contributed by atoms with Gasteiger partial charge in [0, 0.05) is 32.5 Å². The minimum atomic E-state index is -1.26. The van der Waals surface area contributed by atoms with E-state index in [2.05, 4.69) is 63.3 Å². The predicted octanol–water partition coefficient (Wildman–Crippen LogP) is 7.08. The van der Waals surface area contributed by atoms with Gasteiger partial charge in [-0.25, -0.2) is 14.8 Å². The number of nitrogens with zero attached hydrogens (tertiary/aromatic N) is 5. The number of rotatable bonds is 12. The minimum Gasteiger partial charge on any atom is -0.496 e. The number of allylic oxidation sites excluding steroid dienone is 1. The Hall–Kier alpha value is -5.68. The number of likely N-dealkylation sites (tertiary alicyclic amines) is 2. The number of nitrogens with one attached hydrogen (secondary N) is 3. The summed E-state index contributed by atoms with van der Waals surface area (Å²) in [6.07, 6.45) is 6.93. The normalized spacial score (nSPS) is 26.1. The van der Waals surface area contributed by atoms with Crippen molar-refractivity contribution < 1.29 is 38.4 Å². The molecule has 4 saturated heterocycles. The van der Waals surface area contributed by atoms with Crippen molar-refractivity contribution in [2.45, 2.75) is 115 Å². The second kappa shape index (κ2) is 19.6. The van der Waals surface area contributed by atoms with Crippen molar-refractivity contribution in [1.29, 1.82) is 0 Å². The number of benzene rings is 2. The molecule has 0 bridgehead atoms. The molecule has 0 spiro atoms. The van der Waals surface area contributed by atoms with Crippen molar-refractivity contribution in [3.63, 3.8) is 0 Å². The number of methoxy groups -OCH3 is 2. The Bertz CT molecular complexity index is 2310. The molecule has 0 aliphatic carbocycles. The van der Waals surface area contributed by atoms with Gasteiger partial charge in [0.05, 0.1) is 73.1 Å². The molecular weight excluding hydrogens is 817 g/mol. The Labute approximate surface area is 373 Å². The number of aliphatic imine (C=N–C) groups is 1. The van der Waals surface area contributed by atoms with Gasteiger partial charge in [-0.1, -0.05) is 55.1 Å². The van der Waals surface area contributed by atoms with E-state index in [1.54, 1.807) is 11.1 Å². The molecule has 0 radical (unpaired) electrons. The number of aliphatic hydroxyl groups excluding tert-OH is 1. The van der Waals surface area contributed by atoms with E-state index in [1.807, 2.05) is 44.0 Å². The van der Waals surface area contributed by atoms with Crippen molar-refractivity contribution in [2.24, 2.45) is 16.8 Å². The fourth-order valence-corrected chi connectivity index (χ4v) is 10.1. The van der Waals surface area contributed by atoms with Gasteiger partial charge >= 0.3 is 6.09 Å². The predicted molar refractivity (Wildman–Crippen MR) is 239 cm³/mol. The molecule has 64 heavy (non-hydrogen) atoms. The van der Waals surface area contributed by atoms with E-state index < -0.39 is 18.5 Å². The number of carbonyl (C=O) groups is 3. The van der Waals surface area contributed by atoms with Crippen LogP contribution < -0.4 is 5.32 Å². The average molecular weight is 877 g/mol. The summed E-state index contributed by atoms with van der Waals surface area (Å²) >= 11 is 0. The number of hydrogen-bond acceptors (Lipinski definition) is 11. The van der Waals surface area contributed by atoms with Crippen LogP contribution in [0.3, 0.4) is 0 Å². The summed E-state index contributed by atoms with van der Waals surface area (Å²) in [5.74, 6) is 1.29. The van der Waals surface area contributed by atoms with Crippen molar-refractivity contribution in [3.8, 4) is 33.6 Å². The lowest BCUT2D eigenvalue weighted by atomic mass is 9.85. The summed E-state index contributed by atoms with van der Waals surface area (Å²) in [4.78, 5) is 64.9. The van der Waals surface area contributed by atoms with Gasteiger partial charge in [0.25, 0.3) is 5.91 Å². The molecule has 6 heterocycles. The maximum atomic E-state index is 14.2. The van der Waals surface area contributed by atoms with E-state index in [0.717, 1.165) is 65.1 Å². The van der Waals surface area contributed by atoms with Gasteiger partial charge in [-0.2, -0.15) is 4.99 Å². The van der Waals surface area contributed by atoms with Crippen molar-refractivity contribution in [3.05, 3.63) is 84.9 Å². The topological polar surface area (TPSA) is 197 Å². The first-order chi connectivity index (χ1) is 30.9. The first-order valence-corrected chi connectivity index (χ1v) is 22.4. The Morgan fingerprint density at radius 1 is 0.812 bits per heavy atom. The van der Waals surface area contributed by atoms with Crippen LogP contribution in [0, 0.1) is 11.8 Å². The molecule has 340 valence electrons. The van der Waals surface area contributed by atoms with Crippen LogP contribution in [0.25, 0.3) is 33.6 Å². The van der Waals surface area contributed by atoms with Crippen molar-refractivity contribution in [2.75, 3.05) is 27.3 Å². The zero-order valence-corrected chi connectivity index (χ0v) is 37.3. The van der Waals surface area contributed by atoms with Crippen LogP contribution in [0.5, 0.6) is 0 Å². The third-order valence-electron chi connectivity index (χ3n) is 13.1. The number of imidazole rings is 2. The fourth-order valence-electron chi connectivity index (χ4n) is 10.1. The maximum absolute atomic E-state index is 14.2. The molecule has 4 fully saturated rings. The zero-order chi connectivity index (χ0) is 45.1. The zero-order valence-electron chi connectivity index (χ0n) is 37.3. The van der Waals surface area contributed by atoms with E-state index in [1.165, 1.54) is 14.2 Å². The van der Waals surface area contributed by atoms with Crippen LogP contribution in [0.1, 0.15) is 95.9 Å². The average Bonchev–Trinajstić information content (AvgIpc) is 4.14. The van der Waals surface area contributed by atoms with Crippen LogP contribution in [0.4, 0.5) is 4.79 Å². The van der Waals surface area contributed by atoms with Crippen LogP contribution in [-0.2, 0) is 28.5 Å². The Balaban J connectivity index is 0.923. The summed E-state index contributed by atoms with van der Waals surface area (Å²) in [6, 6.07) is 15.4. The van der Waals surface area contributed by atoms with E-state index in [-0.39, 0.29) is 59.8 Å². The highest BCUT2D eigenvalue weighted by Gasteiger charge is 2.42. The third kappa shape index (κ3) is 9.84. The number of aliphatic hydroxyl groups is 1. The monoisotopic (exact) mass is 876 g/mol. The molecule has 4 aliphatic heterocycles. The summed E-state index contributed by atoms with van der Waals surface area (Å²) < 4.78 is 21.6. The number of carbonyl (C=O) groups excluding carboxylic acids is 3. The maximum Gasteiger partial charge on any atom is 0.433 e. The van der Waals surface area contributed by atoms with E-state index in [9.17, 15) is 19.5 Å². The van der Waals surface area contributed by atoms with E-state index in [4.69, 9.17) is 28.9 Å². The summed E-state index contributed by atoms with van der Waals surface area (Å²) in [5, 5.41) is 13.4. The summed E-state index contributed by atoms with van der Waals surface area (Å²) in [7, 11) is 2.66. The molecule has 2 unspecified atom stereocenters. The molecule has 4 aliphatic rings. The number of aromatic nitrogens is 4. The largest absolute Gasteiger partial charge is 0.496 e. The smallest absolute Gasteiger partial charge is 0.433 e. The molecule has 4 aromatic rings. The lowest BCUT2D eigenvalue weighted by Gasteiger charge is -2.39. The van der Waals surface area contributed by atoms with Gasteiger partial charge in [-0.3, -0.25) is 14.9 Å². The van der Waals surface area contributed by atoms with Gasteiger partial charge in [0.1, 0.15) is 17.4 Å². The molecule has 16 heteroatoms. The first kappa shape index (κ1) is 44.9. The second-order valence-corrected chi connectivity index (χ2v) is 17.7. The number of hydrogen-bond donors (Lipinski definition) is 4. The molecule has 8 rings (SSSR count). The van der Waals surface area contributed by atoms with Crippen LogP contribution in [0.15, 0.2) is 78.3 Å². The molecule has 2 aromatic carbocycles. The first-order valence-electron chi connectivity index (χ1n) is 22.4. The van der Waals surface area contributed by atoms with E-state index >= 15 is 0 Å². The summed E-state index contributed by atoms with van der Waals surface area (Å²) in [6.45, 7) is 11.1. The quantitative estimate of drug-likeness (QED) is 0.0839. The van der Waals surface area contributed by atoms with Crippen LogP contribution in [0.2, 0.25) is 0 Å². The second-order valence-electron chi connectivity index (χ2n) is 17.7. The van der Waals surface area contributed by atoms with E-state index in [0.29, 0.717) is 50.4 Å². The molecule has 0 saturated carbocycles. The molecule has 2 aromatic heterocycles. The molecule has 8 atom stereocenters. The fraction of sp³-hybridized carbons (Fsp3) is 0.500. The number of H-pyrrole nitrogens is 2. The van der Waals surface area contributed by atoms with Crippen molar-refractivity contribution >= 4 is 23.6 Å². The lowest BCUT2D eigenvalue weighted by molar-refractivity contribution is -0.150. The van der Waals surface area contributed by atoms with Gasteiger partial charge in [-0.15, -0.1) is 0 Å². The Kier molecular flexibility index (Phi) is 13.8. The Morgan fingerprint density at radius 3 is 1.88 bits per heavy atom. The standard InChI is InChI=1S/C48H60N8O8/c1-27-21-35(22-28(2)63-27)41(53-47(59)61-5)45(57)55-19-7-9-39(55)43-49-25-37(51-43)33-15-11-31(12-16-33)32-13-17-34(18-14-32)38-26-50-44(52-38)40-10-8-20-56(40)46(58)42(54-48(60)62-6)36-23-29(3)64-30(4)24-36/h11-18,25-26,28-30,35-36,39-40,42,48,54,60H,1,7-10,19-24H2,2-6H3,(H,49,51)(H,50,52)/t28-,29-,30-,35?,39+,40+,42+,48?/m1/s1. The summed E-state index contributed by atoms with van der Waals surface area (Å²) in [5.41, 5.74) is 5.89. The van der Waals surface area contributed by atoms with Crippen molar-refractivity contribution in [1.82, 2.24) is 35.1 Å². The van der Waals surface area contributed by atoms with Gasteiger partial charge in [-0.05, 0) is 93.9 Å². The minimum absolute atomic E-state index is 0.0104. The highest BCUT2D eigenvalue weighted by Crippen LogP contribution is 2.37. The number of amides is 3. The highest BCUT2D eigenvalue weighted by molar-refractivity contribution is 6.41. The lowest BCUT2D eigenvalue weighted by Crippen LogP contribution is -2.55. The van der Waals surface area contributed by atoms with Crippen LogP contribution in [-0.4, -0.2) is 117 Å². The number of aromatic amines is 2. The molecule has 4 N–H and O–H groups in total. The molecule has 16 nitrogen and oxygen atoms in total. The van der Waals surface area contributed by atoms with Gasteiger partial charge in [0.15, 0.2) is 0 Å². The van der Waals surface area contributed by atoms with Gasteiger partial charge in [0.2, 0.25) is 12.3 Å². The van der Waals surface area contributed by atoms with Gasteiger partial charge < -0.3 is 43.8 Å². The SMILES string of the molecule is C=C1CC(C(=NC(=O)OC)C(=O)N2CCC[C@H]2c2ncc(-c3ccc(-c4ccc(-c5cnc([C@@H]6CCCN6C(=O)[C@@H](NC(O)OC)C6C[C@@H](C)O[C@H](C)C6)[nH]5)cc4)cc3)[nH]2)C[C@@H](C)O1. The molecule has 3 amide bonds. The third-order valence-corrected chi connectivity index (χ3v) is 13.1. The molecular formula is C48H60N8O8.